The summed E-state index contributed by atoms with van der Waals surface area (Å²) in [7, 11) is 0. The fraction of sp³-hybridized carbons (Fsp3) is 0.231. The summed E-state index contributed by atoms with van der Waals surface area (Å²) in [5, 5.41) is 4.61. The highest BCUT2D eigenvalue weighted by Crippen LogP contribution is 2.24. The van der Waals surface area contributed by atoms with Crippen molar-refractivity contribution in [3.8, 4) is 11.1 Å². The predicted octanol–water partition coefficient (Wildman–Crippen LogP) is 1.66. The second-order valence-electron chi connectivity index (χ2n) is 4.28. The molecule has 2 aromatic rings. The van der Waals surface area contributed by atoms with Gasteiger partial charge in [-0.2, -0.15) is 0 Å². The average Bonchev–Trinajstić information content (AvgIpc) is 2.21. The first kappa shape index (κ1) is 11.4. The fourth-order valence-electron chi connectivity index (χ4n) is 2.21. The van der Waals surface area contributed by atoms with Crippen molar-refractivity contribution in [2.45, 2.75) is 20.8 Å². The summed E-state index contributed by atoms with van der Waals surface area (Å²) >= 11 is 0. The summed E-state index contributed by atoms with van der Waals surface area (Å²) in [5.74, 6) is 0. The highest BCUT2D eigenvalue weighted by molar-refractivity contribution is 5.70. The Morgan fingerprint density at radius 3 is 2.06 bits per heavy atom. The lowest BCUT2D eigenvalue weighted by atomic mass is 9.95. The first-order valence-electron chi connectivity index (χ1n) is 5.39. The van der Waals surface area contributed by atoms with E-state index in [1.54, 1.807) is 0 Å². The van der Waals surface area contributed by atoms with Gasteiger partial charge in [-0.3, -0.25) is 19.8 Å². The van der Waals surface area contributed by atoms with Crippen molar-refractivity contribution in [3.05, 3.63) is 55.6 Å². The van der Waals surface area contributed by atoms with Crippen LogP contribution in [0.4, 0.5) is 0 Å². The standard InChI is InChI=1S/C13H14N2O2/c1-7-4-8(2)12(9(3)5-7)10-6-11(16)14-15-13(10)17/h4-6H,1-3H3,(H,14,16)(H,15,17). The van der Waals surface area contributed by atoms with E-state index in [1.807, 2.05) is 32.9 Å². The summed E-state index contributed by atoms with van der Waals surface area (Å²) in [6.45, 7) is 5.89. The number of aryl methyl sites for hydroxylation is 3. The lowest BCUT2D eigenvalue weighted by molar-refractivity contribution is 0.954. The average molecular weight is 230 g/mol. The third kappa shape index (κ3) is 2.06. The number of aromatic nitrogens is 2. The summed E-state index contributed by atoms with van der Waals surface area (Å²) in [6, 6.07) is 5.34. The molecule has 1 aromatic carbocycles. The van der Waals surface area contributed by atoms with Gasteiger partial charge in [-0.05, 0) is 37.5 Å². The van der Waals surface area contributed by atoms with Crippen LogP contribution in [-0.4, -0.2) is 10.2 Å². The van der Waals surface area contributed by atoms with Crippen LogP contribution in [0.15, 0.2) is 27.8 Å². The van der Waals surface area contributed by atoms with Crippen molar-refractivity contribution in [2.75, 3.05) is 0 Å². The van der Waals surface area contributed by atoms with E-state index >= 15 is 0 Å². The quantitative estimate of drug-likeness (QED) is 0.782. The van der Waals surface area contributed by atoms with Crippen LogP contribution in [0.2, 0.25) is 0 Å². The van der Waals surface area contributed by atoms with Crippen molar-refractivity contribution in [1.29, 1.82) is 0 Å². The summed E-state index contributed by atoms with van der Waals surface area (Å²) in [6.07, 6.45) is 0. The zero-order valence-corrected chi connectivity index (χ0v) is 10.0. The fourth-order valence-corrected chi connectivity index (χ4v) is 2.21. The molecular formula is C13H14N2O2. The second-order valence-corrected chi connectivity index (χ2v) is 4.28. The Bertz CT molecular complexity index is 657. The summed E-state index contributed by atoms with van der Waals surface area (Å²) < 4.78 is 0. The van der Waals surface area contributed by atoms with E-state index in [2.05, 4.69) is 10.2 Å². The van der Waals surface area contributed by atoms with Crippen LogP contribution in [-0.2, 0) is 0 Å². The monoisotopic (exact) mass is 230 g/mol. The molecule has 88 valence electrons. The minimum atomic E-state index is -0.307. The molecule has 1 aromatic heterocycles. The molecule has 0 aliphatic rings. The Kier molecular flexibility index (Phi) is 2.71. The maximum Gasteiger partial charge on any atom is 0.270 e. The van der Waals surface area contributed by atoms with E-state index in [0.29, 0.717) is 5.56 Å². The Morgan fingerprint density at radius 1 is 0.882 bits per heavy atom. The van der Waals surface area contributed by atoms with E-state index in [9.17, 15) is 9.59 Å². The molecule has 0 spiro atoms. The summed E-state index contributed by atoms with van der Waals surface area (Å²) in [4.78, 5) is 23.0. The maximum atomic E-state index is 11.7. The Morgan fingerprint density at radius 2 is 1.47 bits per heavy atom. The molecule has 2 N–H and O–H groups in total. The van der Waals surface area contributed by atoms with Gasteiger partial charge in [0.05, 0.1) is 5.56 Å². The lowest BCUT2D eigenvalue weighted by Gasteiger charge is -2.10. The molecule has 17 heavy (non-hydrogen) atoms. The van der Waals surface area contributed by atoms with Crippen molar-refractivity contribution in [2.24, 2.45) is 0 Å². The topological polar surface area (TPSA) is 65.7 Å². The Balaban J connectivity index is 2.81. The molecule has 0 radical (unpaired) electrons. The van der Waals surface area contributed by atoms with Gasteiger partial charge in [-0.15, -0.1) is 0 Å². The van der Waals surface area contributed by atoms with Crippen LogP contribution < -0.4 is 11.1 Å². The van der Waals surface area contributed by atoms with Gasteiger partial charge in [0.2, 0.25) is 0 Å². The van der Waals surface area contributed by atoms with Crippen LogP contribution in [0.5, 0.6) is 0 Å². The molecule has 4 heteroatoms. The molecule has 0 amide bonds. The molecule has 0 saturated carbocycles. The van der Waals surface area contributed by atoms with Gasteiger partial charge in [0, 0.05) is 6.07 Å². The van der Waals surface area contributed by atoms with Gasteiger partial charge in [-0.25, -0.2) is 0 Å². The molecule has 0 atom stereocenters. The maximum absolute atomic E-state index is 11.7. The minimum absolute atomic E-state index is 0.278. The van der Waals surface area contributed by atoms with E-state index < -0.39 is 0 Å². The molecular weight excluding hydrogens is 216 g/mol. The second kappa shape index (κ2) is 4.05. The molecule has 0 aliphatic carbocycles. The van der Waals surface area contributed by atoms with E-state index in [-0.39, 0.29) is 11.1 Å². The van der Waals surface area contributed by atoms with Crippen LogP contribution in [0.3, 0.4) is 0 Å². The number of aromatic amines is 2. The molecule has 0 unspecified atom stereocenters. The smallest absolute Gasteiger partial charge is 0.268 e. The SMILES string of the molecule is Cc1cc(C)c(-c2cc(=O)[nH][nH]c2=O)c(C)c1. The van der Waals surface area contributed by atoms with Gasteiger partial charge >= 0.3 is 0 Å². The van der Waals surface area contributed by atoms with E-state index in [1.165, 1.54) is 6.07 Å². The number of H-pyrrole nitrogens is 2. The normalized spacial score (nSPS) is 10.5. The van der Waals surface area contributed by atoms with Gasteiger partial charge in [0.15, 0.2) is 0 Å². The Labute approximate surface area is 98.3 Å². The number of nitrogens with one attached hydrogen (secondary N) is 2. The van der Waals surface area contributed by atoms with Crippen molar-refractivity contribution in [3.63, 3.8) is 0 Å². The van der Waals surface area contributed by atoms with E-state index in [4.69, 9.17) is 0 Å². The zero-order valence-electron chi connectivity index (χ0n) is 10.0. The van der Waals surface area contributed by atoms with Gasteiger partial charge in [-0.1, -0.05) is 17.7 Å². The highest BCUT2D eigenvalue weighted by Gasteiger charge is 2.10. The molecule has 0 bridgehead atoms. The first-order chi connectivity index (χ1) is 7.99. The van der Waals surface area contributed by atoms with Crippen molar-refractivity contribution < 1.29 is 0 Å². The molecule has 2 rings (SSSR count). The first-order valence-corrected chi connectivity index (χ1v) is 5.39. The third-order valence-electron chi connectivity index (χ3n) is 2.77. The number of rotatable bonds is 1. The van der Waals surface area contributed by atoms with Crippen LogP contribution in [0.25, 0.3) is 11.1 Å². The lowest BCUT2D eigenvalue weighted by Crippen LogP contribution is -2.19. The predicted molar refractivity (Wildman–Crippen MR) is 67.3 cm³/mol. The number of hydrogen-bond donors (Lipinski definition) is 2. The minimum Gasteiger partial charge on any atom is -0.268 e. The molecule has 0 saturated heterocycles. The molecule has 4 nitrogen and oxygen atoms in total. The van der Waals surface area contributed by atoms with Gasteiger partial charge < -0.3 is 0 Å². The van der Waals surface area contributed by atoms with Gasteiger partial charge in [0.1, 0.15) is 0 Å². The van der Waals surface area contributed by atoms with Gasteiger partial charge in [0.25, 0.3) is 11.1 Å². The third-order valence-corrected chi connectivity index (χ3v) is 2.77. The summed E-state index contributed by atoms with van der Waals surface area (Å²) in [5.41, 5.74) is 3.81. The van der Waals surface area contributed by atoms with Crippen LogP contribution in [0, 0.1) is 20.8 Å². The molecule has 1 heterocycles. The number of hydrogen-bond acceptors (Lipinski definition) is 2. The zero-order chi connectivity index (χ0) is 12.6. The highest BCUT2D eigenvalue weighted by atomic mass is 16.1. The molecule has 0 fully saturated rings. The molecule has 0 aliphatic heterocycles. The largest absolute Gasteiger partial charge is 0.270 e. The van der Waals surface area contributed by atoms with Crippen molar-refractivity contribution in [1.82, 2.24) is 10.2 Å². The Hall–Kier alpha value is -2.10. The van der Waals surface area contributed by atoms with Crippen LogP contribution >= 0.6 is 0 Å². The van der Waals surface area contributed by atoms with Crippen LogP contribution in [0.1, 0.15) is 16.7 Å². The number of benzene rings is 1. The van der Waals surface area contributed by atoms with E-state index in [0.717, 1.165) is 22.3 Å². The van der Waals surface area contributed by atoms with Crippen molar-refractivity contribution >= 4 is 0 Å².